The number of esters is 1. The summed E-state index contributed by atoms with van der Waals surface area (Å²) in [5, 5.41) is 0. The van der Waals surface area contributed by atoms with Crippen LogP contribution in [0.2, 0.25) is 5.82 Å². The molecule has 0 spiro atoms. The first-order valence-electron chi connectivity index (χ1n) is 9.77. The van der Waals surface area contributed by atoms with E-state index in [1.165, 1.54) is 0 Å². The molecular weight excluding hydrogens is 349 g/mol. The van der Waals surface area contributed by atoms with Crippen LogP contribution >= 0.6 is 0 Å². The van der Waals surface area contributed by atoms with E-state index in [-0.39, 0.29) is 24.9 Å². The van der Waals surface area contributed by atoms with Crippen LogP contribution < -0.4 is 0 Å². The summed E-state index contributed by atoms with van der Waals surface area (Å²) in [4.78, 5) is 26.7. The van der Waals surface area contributed by atoms with Gasteiger partial charge in [0.1, 0.15) is 5.60 Å². The number of likely N-dealkylation sites (tertiary alicyclic amines) is 1. The van der Waals surface area contributed by atoms with Crippen molar-refractivity contribution in [3.05, 3.63) is 0 Å². The molecule has 0 aliphatic carbocycles. The van der Waals surface area contributed by atoms with E-state index in [0.717, 1.165) is 0 Å². The molecule has 2 heterocycles. The Labute approximate surface area is 163 Å². The maximum atomic E-state index is 12.6. The van der Waals surface area contributed by atoms with Gasteiger partial charge in [-0.05, 0) is 61.8 Å². The molecule has 0 aromatic carbocycles. The van der Waals surface area contributed by atoms with E-state index in [9.17, 15) is 9.59 Å². The van der Waals surface area contributed by atoms with Gasteiger partial charge in [0.25, 0.3) is 0 Å². The lowest BCUT2D eigenvalue weighted by molar-refractivity contribution is -0.150. The lowest BCUT2D eigenvalue weighted by atomic mass is 9.61. The van der Waals surface area contributed by atoms with Gasteiger partial charge in [-0.25, -0.2) is 4.79 Å². The fourth-order valence-corrected chi connectivity index (χ4v) is 3.35. The fraction of sp³-hybridized carbons (Fsp3) is 0.895. The summed E-state index contributed by atoms with van der Waals surface area (Å²) in [6.07, 6.45) is 0.170. The second-order valence-corrected chi connectivity index (χ2v) is 9.36. The molecule has 0 saturated carbocycles. The number of carbonyl (C=O) groups excluding carboxylic acids is 2. The number of hydrogen-bond donors (Lipinski definition) is 0. The zero-order valence-electron chi connectivity index (χ0n) is 18.0. The maximum Gasteiger partial charge on any atom is 0.462 e. The van der Waals surface area contributed by atoms with E-state index in [0.29, 0.717) is 13.0 Å². The van der Waals surface area contributed by atoms with Crippen molar-refractivity contribution in [2.75, 3.05) is 19.7 Å². The van der Waals surface area contributed by atoms with Crippen molar-refractivity contribution in [1.82, 2.24) is 4.90 Å². The average Bonchev–Trinajstić information content (AvgIpc) is 2.73. The van der Waals surface area contributed by atoms with Crippen LogP contribution in [-0.4, -0.2) is 60.6 Å². The Morgan fingerprint density at radius 2 is 1.70 bits per heavy atom. The predicted molar refractivity (Wildman–Crippen MR) is 102 cm³/mol. The fourth-order valence-electron chi connectivity index (χ4n) is 3.35. The first-order valence-corrected chi connectivity index (χ1v) is 9.77. The Balaban J connectivity index is 2.17. The van der Waals surface area contributed by atoms with Gasteiger partial charge in [0.2, 0.25) is 0 Å². The molecule has 0 radical (unpaired) electrons. The van der Waals surface area contributed by atoms with Gasteiger partial charge in [-0.15, -0.1) is 0 Å². The molecule has 8 heteroatoms. The molecule has 7 nitrogen and oxygen atoms in total. The SMILES string of the molecule is CCOC(=O)[C@H]1CN(C(=O)OC(C)(C)C)CC[C@@H]1B1OC(C)(C)C(C)(C)O1. The minimum absolute atomic E-state index is 0.177. The van der Waals surface area contributed by atoms with Crippen LogP contribution in [0.25, 0.3) is 0 Å². The second-order valence-electron chi connectivity index (χ2n) is 9.36. The van der Waals surface area contributed by atoms with Gasteiger partial charge in [-0.3, -0.25) is 4.79 Å². The van der Waals surface area contributed by atoms with Crippen LogP contribution in [-0.2, 0) is 23.6 Å². The van der Waals surface area contributed by atoms with Crippen molar-refractivity contribution < 1.29 is 28.4 Å². The quantitative estimate of drug-likeness (QED) is 0.550. The summed E-state index contributed by atoms with van der Waals surface area (Å²) in [5.74, 6) is -1.02. The van der Waals surface area contributed by atoms with E-state index in [1.54, 1.807) is 11.8 Å². The van der Waals surface area contributed by atoms with Crippen LogP contribution in [0, 0.1) is 5.92 Å². The largest absolute Gasteiger partial charge is 0.466 e. The summed E-state index contributed by atoms with van der Waals surface area (Å²) in [5.41, 5.74) is -1.53. The van der Waals surface area contributed by atoms with Gasteiger partial charge in [-0.1, -0.05) is 0 Å². The number of carbonyl (C=O) groups is 2. The molecule has 0 bridgehead atoms. The van der Waals surface area contributed by atoms with Crippen LogP contribution in [0.15, 0.2) is 0 Å². The molecule has 2 atom stereocenters. The van der Waals surface area contributed by atoms with E-state index >= 15 is 0 Å². The molecule has 2 fully saturated rings. The Kier molecular flexibility index (Phi) is 6.22. The molecule has 2 aliphatic heterocycles. The van der Waals surface area contributed by atoms with Gasteiger partial charge >= 0.3 is 19.2 Å². The Hall–Kier alpha value is -1.28. The molecule has 2 rings (SSSR count). The summed E-state index contributed by atoms with van der Waals surface area (Å²) >= 11 is 0. The third-order valence-corrected chi connectivity index (χ3v) is 5.53. The minimum Gasteiger partial charge on any atom is -0.466 e. The first kappa shape index (κ1) is 22.0. The van der Waals surface area contributed by atoms with Crippen molar-refractivity contribution in [1.29, 1.82) is 0 Å². The zero-order valence-corrected chi connectivity index (χ0v) is 18.0. The number of amides is 1. The molecule has 0 aromatic rings. The first-order chi connectivity index (χ1) is 12.3. The van der Waals surface area contributed by atoms with E-state index in [1.807, 2.05) is 48.5 Å². The Morgan fingerprint density at radius 3 is 2.19 bits per heavy atom. The highest BCUT2D eigenvalue weighted by molar-refractivity contribution is 6.48. The molecule has 0 unspecified atom stereocenters. The number of hydrogen-bond acceptors (Lipinski definition) is 6. The van der Waals surface area contributed by atoms with Crippen molar-refractivity contribution in [3.8, 4) is 0 Å². The van der Waals surface area contributed by atoms with Crippen molar-refractivity contribution in [2.24, 2.45) is 5.92 Å². The third-order valence-electron chi connectivity index (χ3n) is 5.53. The average molecular weight is 383 g/mol. The lowest BCUT2D eigenvalue weighted by Gasteiger charge is -2.38. The molecule has 27 heavy (non-hydrogen) atoms. The van der Waals surface area contributed by atoms with Gasteiger partial charge in [0.05, 0.1) is 23.7 Å². The zero-order chi connectivity index (χ0) is 20.6. The molecular formula is C19H34BNO6. The monoisotopic (exact) mass is 383 g/mol. The highest BCUT2D eigenvalue weighted by Gasteiger charge is 2.57. The van der Waals surface area contributed by atoms with Crippen molar-refractivity contribution in [2.45, 2.75) is 84.4 Å². The van der Waals surface area contributed by atoms with Crippen LogP contribution in [0.5, 0.6) is 0 Å². The summed E-state index contributed by atoms with van der Waals surface area (Å²) in [6.45, 7) is 16.2. The maximum absolute atomic E-state index is 12.6. The minimum atomic E-state index is -0.584. The third kappa shape index (κ3) is 4.96. The van der Waals surface area contributed by atoms with E-state index in [2.05, 4.69) is 0 Å². The molecule has 2 saturated heterocycles. The number of rotatable bonds is 3. The lowest BCUT2D eigenvalue weighted by Crippen LogP contribution is -2.50. The van der Waals surface area contributed by atoms with Crippen LogP contribution in [0.3, 0.4) is 0 Å². The summed E-state index contributed by atoms with van der Waals surface area (Å²) in [6, 6.07) is 0. The highest BCUT2D eigenvalue weighted by atomic mass is 16.7. The van der Waals surface area contributed by atoms with Gasteiger partial charge in [-0.2, -0.15) is 0 Å². The van der Waals surface area contributed by atoms with E-state index in [4.69, 9.17) is 18.8 Å². The smallest absolute Gasteiger partial charge is 0.462 e. The molecule has 1 amide bonds. The van der Waals surface area contributed by atoms with E-state index < -0.39 is 35.9 Å². The second kappa shape index (κ2) is 7.62. The van der Waals surface area contributed by atoms with Crippen molar-refractivity contribution >= 4 is 19.2 Å². The highest BCUT2D eigenvalue weighted by Crippen LogP contribution is 2.44. The van der Waals surface area contributed by atoms with Gasteiger partial charge < -0.3 is 23.7 Å². The van der Waals surface area contributed by atoms with Crippen molar-refractivity contribution in [3.63, 3.8) is 0 Å². The number of nitrogens with zero attached hydrogens (tertiary/aromatic N) is 1. The summed E-state index contributed by atoms with van der Waals surface area (Å²) in [7, 11) is -0.509. The van der Waals surface area contributed by atoms with Gasteiger partial charge in [0, 0.05) is 18.9 Å². The molecule has 0 aromatic heterocycles. The predicted octanol–water partition coefficient (Wildman–Crippen LogP) is 3.27. The van der Waals surface area contributed by atoms with Gasteiger partial charge in [0.15, 0.2) is 0 Å². The number of ether oxygens (including phenoxy) is 2. The molecule has 2 aliphatic rings. The standard InChI is InChI=1S/C19H34BNO6/c1-9-24-15(22)13-12-21(16(23)25-17(2,3)4)11-10-14(13)20-26-18(5,6)19(7,8)27-20/h13-14H,9-12H2,1-8H3/t13-,14-/m0/s1. The molecule has 0 N–H and O–H groups in total. The number of piperidine rings is 1. The topological polar surface area (TPSA) is 74.3 Å². The normalized spacial score (nSPS) is 27.4. The Morgan fingerprint density at radius 1 is 1.15 bits per heavy atom. The Bertz CT molecular complexity index is 555. The van der Waals surface area contributed by atoms with Crippen LogP contribution in [0.1, 0.15) is 61.8 Å². The van der Waals surface area contributed by atoms with Crippen LogP contribution in [0.4, 0.5) is 4.79 Å². The summed E-state index contributed by atoms with van der Waals surface area (Å²) < 4.78 is 23.1. The molecule has 154 valence electrons.